The molecule has 5 nitrogen and oxygen atoms in total. The molecule has 2 rings (SSSR count). The maximum Gasteiger partial charge on any atom is 0.325 e. The lowest BCUT2D eigenvalue weighted by molar-refractivity contribution is -0.130. The molecule has 124 valence electrons. The molecule has 0 saturated carbocycles. The normalized spacial score (nSPS) is 21.0. The predicted octanol–water partition coefficient (Wildman–Crippen LogP) is 2.76. The van der Waals surface area contributed by atoms with E-state index in [1.165, 1.54) is 18.2 Å². The zero-order valence-electron chi connectivity index (χ0n) is 13.6. The third-order valence-corrected chi connectivity index (χ3v) is 4.02. The number of benzene rings is 1. The van der Waals surface area contributed by atoms with Crippen LogP contribution in [0.15, 0.2) is 24.3 Å². The van der Waals surface area contributed by atoms with E-state index in [0.29, 0.717) is 12.3 Å². The van der Waals surface area contributed by atoms with Gasteiger partial charge in [-0.2, -0.15) is 0 Å². The molecule has 1 aliphatic heterocycles. The Labute approximate surface area is 134 Å². The molecule has 0 unspecified atom stereocenters. The highest BCUT2D eigenvalue weighted by molar-refractivity contribution is 6.10. The minimum Gasteiger partial charge on any atom is -0.323 e. The first kappa shape index (κ1) is 17.1. The zero-order chi connectivity index (χ0) is 17.2. The second-order valence-corrected chi connectivity index (χ2v) is 6.52. The fourth-order valence-electron chi connectivity index (χ4n) is 2.53. The van der Waals surface area contributed by atoms with Gasteiger partial charge in [-0.05, 0) is 37.8 Å². The van der Waals surface area contributed by atoms with E-state index in [2.05, 4.69) is 5.32 Å². The van der Waals surface area contributed by atoms with Gasteiger partial charge in [0.1, 0.15) is 11.4 Å². The van der Waals surface area contributed by atoms with Crippen molar-refractivity contribution in [2.45, 2.75) is 39.2 Å². The molecule has 6 heteroatoms. The number of rotatable bonds is 6. The maximum absolute atomic E-state index is 13.2. The van der Waals surface area contributed by atoms with E-state index in [1.54, 1.807) is 6.92 Å². The largest absolute Gasteiger partial charge is 0.325 e. The van der Waals surface area contributed by atoms with Crippen molar-refractivity contribution in [3.8, 4) is 0 Å². The van der Waals surface area contributed by atoms with Crippen molar-refractivity contribution in [2.75, 3.05) is 6.54 Å². The number of nitrogens with zero attached hydrogens (tertiary/aromatic N) is 1. The lowest BCUT2D eigenvalue weighted by Crippen LogP contribution is -2.44. The third kappa shape index (κ3) is 3.75. The second-order valence-electron chi connectivity index (χ2n) is 6.52. The van der Waals surface area contributed by atoms with Crippen LogP contribution in [0.5, 0.6) is 0 Å². The Hall–Kier alpha value is -2.24. The highest BCUT2D eigenvalue weighted by Crippen LogP contribution is 2.25. The smallest absolute Gasteiger partial charge is 0.323 e. The van der Waals surface area contributed by atoms with Gasteiger partial charge in [0.25, 0.3) is 5.91 Å². The summed E-state index contributed by atoms with van der Waals surface area (Å²) in [4.78, 5) is 37.6. The second kappa shape index (κ2) is 6.48. The Morgan fingerprint density at radius 2 is 2.04 bits per heavy atom. The molecule has 1 atom stereocenters. The van der Waals surface area contributed by atoms with Gasteiger partial charge in [0.05, 0.1) is 6.54 Å². The van der Waals surface area contributed by atoms with E-state index in [9.17, 15) is 18.8 Å². The van der Waals surface area contributed by atoms with Gasteiger partial charge in [-0.25, -0.2) is 9.18 Å². The predicted molar refractivity (Wildman–Crippen MR) is 83.5 cm³/mol. The van der Waals surface area contributed by atoms with E-state index in [-0.39, 0.29) is 12.1 Å². The Morgan fingerprint density at radius 1 is 1.35 bits per heavy atom. The molecule has 1 aromatic carbocycles. The van der Waals surface area contributed by atoms with Crippen LogP contribution in [0.2, 0.25) is 0 Å². The molecule has 1 aromatic rings. The van der Waals surface area contributed by atoms with Gasteiger partial charge in [-0.1, -0.05) is 26.0 Å². The lowest BCUT2D eigenvalue weighted by Gasteiger charge is -2.22. The summed E-state index contributed by atoms with van der Waals surface area (Å²) in [5.74, 6) is -1.01. The van der Waals surface area contributed by atoms with Crippen molar-refractivity contribution >= 4 is 17.7 Å². The van der Waals surface area contributed by atoms with Crippen LogP contribution in [0.4, 0.5) is 9.18 Å². The van der Waals surface area contributed by atoms with Crippen LogP contribution in [0.1, 0.15) is 44.0 Å². The molecular weight excluding hydrogens is 299 g/mol. The first-order valence-electron chi connectivity index (χ1n) is 7.66. The SMILES string of the molecule is CC(C)CC[C@]1(C)NC(=O)N(CC(=O)c2cccc(F)c2)C1=O. The molecular formula is C17H21FN2O3. The van der Waals surface area contributed by atoms with E-state index in [0.717, 1.165) is 17.4 Å². The van der Waals surface area contributed by atoms with Crippen molar-refractivity contribution in [3.05, 3.63) is 35.6 Å². The number of halogens is 1. The quantitative estimate of drug-likeness (QED) is 0.647. The number of carbonyl (C=O) groups excluding carboxylic acids is 3. The van der Waals surface area contributed by atoms with Crippen molar-refractivity contribution in [1.29, 1.82) is 0 Å². The molecule has 0 aliphatic carbocycles. The van der Waals surface area contributed by atoms with E-state index in [4.69, 9.17) is 0 Å². The van der Waals surface area contributed by atoms with Crippen LogP contribution in [0.25, 0.3) is 0 Å². The number of Topliss-reactive ketones (excluding diaryl/α,β-unsaturated/α-hetero) is 1. The molecule has 1 aliphatic rings. The minimum absolute atomic E-state index is 0.140. The summed E-state index contributed by atoms with van der Waals surface area (Å²) in [6.45, 7) is 5.36. The molecule has 1 N–H and O–H groups in total. The standard InChI is InChI=1S/C17H21FN2O3/c1-11(2)7-8-17(3)15(22)20(16(23)19-17)10-14(21)12-5-4-6-13(18)9-12/h4-6,9,11H,7-8,10H2,1-3H3,(H,19,23)/t17-/m0/s1. The van der Waals surface area contributed by atoms with Crippen LogP contribution in [-0.2, 0) is 4.79 Å². The summed E-state index contributed by atoms with van der Waals surface area (Å²) in [7, 11) is 0. The summed E-state index contributed by atoms with van der Waals surface area (Å²) in [5.41, 5.74) is -0.842. The molecule has 1 heterocycles. The van der Waals surface area contributed by atoms with Crippen LogP contribution < -0.4 is 5.32 Å². The third-order valence-electron chi connectivity index (χ3n) is 4.02. The Kier molecular flexibility index (Phi) is 4.82. The number of hydrogen-bond donors (Lipinski definition) is 1. The van der Waals surface area contributed by atoms with Crippen molar-refractivity contribution in [3.63, 3.8) is 0 Å². The summed E-state index contributed by atoms with van der Waals surface area (Å²) in [5, 5.41) is 2.66. The summed E-state index contributed by atoms with van der Waals surface area (Å²) >= 11 is 0. The highest BCUT2D eigenvalue weighted by Gasteiger charge is 2.47. The fraction of sp³-hybridized carbons (Fsp3) is 0.471. The van der Waals surface area contributed by atoms with Crippen molar-refractivity contribution in [1.82, 2.24) is 10.2 Å². The van der Waals surface area contributed by atoms with Crippen LogP contribution in [0, 0.1) is 11.7 Å². The van der Waals surface area contributed by atoms with E-state index in [1.807, 2.05) is 13.8 Å². The Bertz CT molecular complexity index is 644. The molecule has 1 saturated heterocycles. The van der Waals surface area contributed by atoms with Crippen LogP contribution >= 0.6 is 0 Å². The summed E-state index contributed by atoms with van der Waals surface area (Å²) < 4.78 is 13.2. The van der Waals surface area contributed by atoms with Crippen molar-refractivity contribution in [2.24, 2.45) is 5.92 Å². The zero-order valence-corrected chi connectivity index (χ0v) is 13.6. The van der Waals surface area contributed by atoms with Gasteiger partial charge in [0.2, 0.25) is 0 Å². The number of amides is 3. The average Bonchev–Trinajstić information content (AvgIpc) is 2.69. The Balaban J connectivity index is 2.10. The summed E-state index contributed by atoms with van der Waals surface area (Å²) in [6, 6.07) is 4.63. The first-order chi connectivity index (χ1) is 10.7. The van der Waals surface area contributed by atoms with Crippen LogP contribution in [-0.4, -0.2) is 34.7 Å². The number of carbonyl (C=O) groups is 3. The fourth-order valence-corrected chi connectivity index (χ4v) is 2.53. The number of hydrogen-bond acceptors (Lipinski definition) is 3. The summed E-state index contributed by atoms with van der Waals surface area (Å²) in [6.07, 6.45) is 1.30. The average molecular weight is 320 g/mol. The number of urea groups is 1. The van der Waals surface area contributed by atoms with Crippen LogP contribution in [0.3, 0.4) is 0 Å². The lowest BCUT2D eigenvalue weighted by atomic mass is 9.92. The minimum atomic E-state index is -0.983. The van der Waals surface area contributed by atoms with Crippen molar-refractivity contribution < 1.29 is 18.8 Å². The molecule has 1 fully saturated rings. The number of ketones is 1. The highest BCUT2D eigenvalue weighted by atomic mass is 19.1. The molecule has 0 radical (unpaired) electrons. The van der Waals surface area contributed by atoms with Gasteiger partial charge >= 0.3 is 6.03 Å². The van der Waals surface area contributed by atoms with Gasteiger partial charge in [0, 0.05) is 5.56 Å². The van der Waals surface area contributed by atoms with E-state index < -0.39 is 29.1 Å². The molecule has 23 heavy (non-hydrogen) atoms. The molecule has 0 spiro atoms. The van der Waals surface area contributed by atoms with E-state index >= 15 is 0 Å². The topological polar surface area (TPSA) is 66.5 Å². The monoisotopic (exact) mass is 320 g/mol. The first-order valence-corrected chi connectivity index (χ1v) is 7.66. The van der Waals surface area contributed by atoms with Gasteiger partial charge < -0.3 is 5.32 Å². The van der Waals surface area contributed by atoms with Gasteiger partial charge in [0.15, 0.2) is 5.78 Å². The molecule has 0 bridgehead atoms. The Morgan fingerprint density at radius 3 is 2.65 bits per heavy atom. The molecule has 0 aromatic heterocycles. The van der Waals surface area contributed by atoms with Gasteiger partial charge in [-0.3, -0.25) is 14.5 Å². The van der Waals surface area contributed by atoms with Gasteiger partial charge in [-0.15, -0.1) is 0 Å². The maximum atomic E-state index is 13.2. The number of nitrogens with one attached hydrogen (secondary N) is 1. The molecule has 3 amide bonds. The number of imide groups is 1.